The van der Waals surface area contributed by atoms with Gasteiger partial charge in [-0.15, -0.1) is 0 Å². The quantitative estimate of drug-likeness (QED) is 0.753. The zero-order valence-electron chi connectivity index (χ0n) is 11.4. The van der Waals surface area contributed by atoms with Gasteiger partial charge in [-0.2, -0.15) is 0 Å². The van der Waals surface area contributed by atoms with Crippen LogP contribution < -0.4 is 4.90 Å². The Morgan fingerprint density at radius 2 is 1.74 bits per heavy atom. The first-order valence-electron chi connectivity index (χ1n) is 6.14. The number of aliphatic imine (C=N–C) groups is 1. The summed E-state index contributed by atoms with van der Waals surface area (Å²) in [6.07, 6.45) is 1.87. The van der Waals surface area contributed by atoms with Gasteiger partial charge in [-0.3, -0.25) is 4.99 Å². The van der Waals surface area contributed by atoms with Crippen molar-refractivity contribution in [2.45, 2.75) is 6.92 Å². The van der Waals surface area contributed by atoms with E-state index >= 15 is 0 Å². The normalized spacial score (nSPS) is 10.9. The Labute approximate surface area is 119 Å². The molecule has 0 radical (unpaired) electrons. The molecule has 2 nitrogen and oxygen atoms in total. The average Bonchev–Trinajstić information content (AvgIpc) is 2.38. The van der Waals surface area contributed by atoms with Gasteiger partial charge in [0.1, 0.15) is 0 Å². The Hall–Kier alpha value is -1.80. The minimum atomic E-state index is 0.742. The Kier molecular flexibility index (Phi) is 4.23. The highest BCUT2D eigenvalue weighted by Crippen LogP contribution is 2.22. The highest BCUT2D eigenvalue weighted by Gasteiger charge is 1.97. The van der Waals surface area contributed by atoms with Crippen LogP contribution in [0.1, 0.15) is 11.1 Å². The van der Waals surface area contributed by atoms with E-state index in [1.165, 1.54) is 5.69 Å². The zero-order valence-corrected chi connectivity index (χ0v) is 12.1. The molecule has 0 fully saturated rings. The molecule has 0 amide bonds. The van der Waals surface area contributed by atoms with E-state index in [9.17, 15) is 0 Å². The van der Waals surface area contributed by atoms with E-state index in [1.54, 1.807) is 0 Å². The van der Waals surface area contributed by atoms with Crippen LogP contribution in [-0.4, -0.2) is 20.3 Å². The number of nitrogens with zero attached hydrogens (tertiary/aromatic N) is 2. The summed E-state index contributed by atoms with van der Waals surface area (Å²) < 4.78 is 0. The van der Waals surface area contributed by atoms with E-state index in [0.717, 1.165) is 21.8 Å². The van der Waals surface area contributed by atoms with E-state index in [1.807, 2.05) is 45.4 Å². The Morgan fingerprint density at radius 3 is 2.32 bits per heavy atom. The molecule has 0 N–H and O–H groups in total. The molecule has 19 heavy (non-hydrogen) atoms. The SMILES string of the molecule is Cc1cc(Cl)ccc1N=Cc1ccc(N(C)C)cc1. The van der Waals surface area contributed by atoms with E-state index < -0.39 is 0 Å². The van der Waals surface area contributed by atoms with Crippen molar-refractivity contribution in [1.82, 2.24) is 0 Å². The maximum absolute atomic E-state index is 5.92. The fourth-order valence-corrected chi connectivity index (χ4v) is 1.99. The summed E-state index contributed by atoms with van der Waals surface area (Å²) in [5, 5.41) is 0.742. The van der Waals surface area contributed by atoms with E-state index in [4.69, 9.17) is 11.6 Å². The summed E-state index contributed by atoms with van der Waals surface area (Å²) in [7, 11) is 4.06. The summed E-state index contributed by atoms with van der Waals surface area (Å²) in [6.45, 7) is 2.01. The second-order valence-corrected chi connectivity index (χ2v) is 5.11. The summed E-state index contributed by atoms with van der Waals surface area (Å²) in [5.41, 5.74) is 4.29. The van der Waals surface area contributed by atoms with Crippen LogP contribution in [0.15, 0.2) is 47.5 Å². The molecule has 0 aliphatic heterocycles. The maximum Gasteiger partial charge on any atom is 0.0660 e. The fraction of sp³-hybridized carbons (Fsp3) is 0.188. The van der Waals surface area contributed by atoms with Gasteiger partial charge in [-0.1, -0.05) is 23.7 Å². The van der Waals surface area contributed by atoms with Crippen molar-refractivity contribution in [3.63, 3.8) is 0 Å². The van der Waals surface area contributed by atoms with Crippen LogP contribution in [0.3, 0.4) is 0 Å². The molecular formula is C16H17ClN2. The van der Waals surface area contributed by atoms with Crippen molar-refractivity contribution >= 4 is 29.2 Å². The number of halogens is 1. The predicted molar refractivity (Wildman–Crippen MR) is 84.2 cm³/mol. The molecule has 0 saturated carbocycles. The van der Waals surface area contributed by atoms with Crippen molar-refractivity contribution in [1.29, 1.82) is 0 Å². The third kappa shape index (κ3) is 3.58. The van der Waals surface area contributed by atoms with Gasteiger partial charge in [0, 0.05) is 31.0 Å². The second-order valence-electron chi connectivity index (χ2n) is 4.67. The maximum atomic E-state index is 5.92. The second kappa shape index (κ2) is 5.89. The van der Waals surface area contributed by atoms with Gasteiger partial charge < -0.3 is 4.90 Å². The van der Waals surface area contributed by atoms with Gasteiger partial charge in [-0.25, -0.2) is 0 Å². The van der Waals surface area contributed by atoms with E-state index in [2.05, 4.69) is 34.2 Å². The molecule has 2 aromatic carbocycles. The van der Waals surface area contributed by atoms with Gasteiger partial charge in [0.2, 0.25) is 0 Å². The van der Waals surface area contributed by atoms with Crippen LogP contribution >= 0.6 is 11.6 Å². The van der Waals surface area contributed by atoms with Crippen LogP contribution in [0.5, 0.6) is 0 Å². The Balaban J connectivity index is 2.18. The van der Waals surface area contributed by atoms with Crippen molar-refractivity contribution < 1.29 is 0 Å². The molecule has 0 saturated heterocycles. The first-order chi connectivity index (χ1) is 9.06. The molecule has 2 rings (SSSR count). The monoisotopic (exact) mass is 272 g/mol. The highest BCUT2D eigenvalue weighted by atomic mass is 35.5. The standard InChI is InChI=1S/C16H17ClN2/c1-12-10-14(17)6-9-16(12)18-11-13-4-7-15(8-5-13)19(2)3/h4-11H,1-3H3. The van der Waals surface area contributed by atoms with Gasteiger partial charge >= 0.3 is 0 Å². The van der Waals surface area contributed by atoms with Gasteiger partial charge in [0.05, 0.1) is 5.69 Å². The number of benzene rings is 2. The predicted octanol–water partition coefficient (Wildman–Crippen LogP) is 4.47. The minimum Gasteiger partial charge on any atom is -0.378 e. The van der Waals surface area contributed by atoms with Crippen molar-refractivity contribution in [2.75, 3.05) is 19.0 Å². The van der Waals surface area contributed by atoms with Crippen molar-refractivity contribution in [3.8, 4) is 0 Å². The molecule has 0 aliphatic carbocycles. The Morgan fingerprint density at radius 1 is 1.05 bits per heavy atom. The summed E-state index contributed by atoms with van der Waals surface area (Å²) in [4.78, 5) is 6.57. The molecule has 0 unspecified atom stereocenters. The molecule has 0 aromatic heterocycles. The summed E-state index contributed by atoms with van der Waals surface area (Å²) in [6, 6.07) is 14.0. The highest BCUT2D eigenvalue weighted by molar-refractivity contribution is 6.30. The molecular weight excluding hydrogens is 256 g/mol. The molecule has 0 atom stereocenters. The van der Waals surface area contributed by atoms with E-state index in [0.29, 0.717) is 0 Å². The van der Waals surface area contributed by atoms with Gasteiger partial charge in [-0.05, 0) is 48.4 Å². The molecule has 98 valence electrons. The lowest BCUT2D eigenvalue weighted by Gasteiger charge is -2.11. The molecule has 0 aliphatic rings. The van der Waals surface area contributed by atoms with Crippen LogP contribution in [0.25, 0.3) is 0 Å². The molecule has 0 spiro atoms. The third-order valence-electron chi connectivity index (χ3n) is 2.92. The third-order valence-corrected chi connectivity index (χ3v) is 3.16. The first kappa shape index (κ1) is 13.6. The largest absolute Gasteiger partial charge is 0.378 e. The molecule has 0 heterocycles. The van der Waals surface area contributed by atoms with Gasteiger partial charge in [0.15, 0.2) is 0 Å². The fourth-order valence-electron chi connectivity index (χ4n) is 1.77. The van der Waals surface area contributed by atoms with Gasteiger partial charge in [0.25, 0.3) is 0 Å². The molecule has 3 heteroatoms. The van der Waals surface area contributed by atoms with E-state index in [-0.39, 0.29) is 0 Å². The number of anilines is 1. The number of hydrogen-bond donors (Lipinski definition) is 0. The number of hydrogen-bond acceptors (Lipinski definition) is 2. The minimum absolute atomic E-state index is 0.742. The first-order valence-corrected chi connectivity index (χ1v) is 6.51. The number of rotatable bonds is 3. The average molecular weight is 273 g/mol. The zero-order chi connectivity index (χ0) is 13.8. The lowest BCUT2D eigenvalue weighted by atomic mass is 10.2. The summed E-state index contributed by atoms with van der Waals surface area (Å²) >= 11 is 5.92. The smallest absolute Gasteiger partial charge is 0.0660 e. The number of aryl methyl sites for hydroxylation is 1. The van der Waals surface area contributed by atoms with Crippen LogP contribution in [0, 0.1) is 6.92 Å². The lowest BCUT2D eigenvalue weighted by Crippen LogP contribution is -2.08. The van der Waals surface area contributed by atoms with Crippen molar-refractivity contribution in [3.05, 3.63) is 58.6 Å². The van der Waals surface area contributed by atoms with Crippen molar-refractivity contribution in [2.24, 2.45) is 4.99 Å². The van der Waals surface area contributed by atoms with Crippen LogP contribution in [0.4, 0.5) is 11.4 Å². The van der Waals surface area contributed by atoms with Crippen LogP contribution in [0.2, 0.25) is 5.02 Å². The molecule has 2 aromatic rings. The lowest BCUT2D eigenvalue weighted by molar-refractivity contribution is 1.13. The van der Waals surface area contributed by atoms with Crippen LogP contribution in [-0.2, 0) is 0 Å². The Bertz CT molecular complexity index is 586. The summed E-state index contributed by atoms with van der Waals surface area (Å²) in [5.74, 6) is 0. The topological polar surface area (TPSA) is 15.6 Å². The molecule has 0 bridgehead atoms.